The molecule has 0 amide bonds. The molecule has 20 heavy (non-hydrogen) atoms. The molecule has 0 spiro atoms. The Morgan fingerprint density at radius 1 is 0.900 bits per heavy atom. The second-order valence-corrected chi connectivity index (χ2v) is 6.87. The lowest BCUT2D eigenvalue weighted by molar-refractivity contribution is 0.955. The molecule has 0 saturated heterocycles. The van der Waals surface area contributed by atoms with E-state index in [1.165, 1.54) is 27.3 Å². The summed E-state index contributed by atoms with van der Waals surface area (Å²) < 4.78 is 1.11. The molecule has 0 bridgehead atoms. The van der Waals surface area contributed by atoms with Crippen LogP contribution in [0, 0.1) is 0 Å². The zero-order valence-corrected chi connectivity index (χ0v) is 13.2. The van der Waals surface area contributed by atoms with Gasteiger partial charge < -0.3 is 0 Å². The van der Waals surface area contributed by atoms with Crippen LogP contribution in [0.25, 0.3) is 21.8 Å². The van der Waals surface area contributed by atoms with E-state index in [9.17, 15) is 0 Å². The topological polar surface area (TPSA) is 12.9 Å². The molecule has 0 radical (unpaired) electrons. The predicted octanol–water partition coefficient (Wildman–Crippen LogP) is 5.34. The van der Waals surface area contributed by atoms with Gasteiger partial charge in [-0.25, -0.2) is 4.98 Å². The van der Waals surface area contributed by atoms with Gasteiger partial charge >= 0.3 is 0 Å². The Morgan fingerprint density at radius 2 is 1.65 bits per heavy atom. The molecular formula is C17H12BrNS. The van der Waals surface area contributed by atoms with Crippen molar-refractivity contribution in [3.8, 4) is 21.8 Å². The van der Waals surface area contributed by atoms with Gasteiger partial charge in [0.05, 0.1) is 5.69 Å². The van der Waals surface area contributed by atoms with Crippen molar-refractivity contribution in [1.29, 1.82) is 0 Å². The largest absolute Gasteiger partial charge is 0.236 e. The molecule has 3 aromatic rings. The minimum atomic E-state index is 1.11. The molecule has 4 rings (SSSR count). The average Bonchev–Trinajstić information content (AvgIpc) is 2.92. The third kappa shape index (κ3) is 1.93. The minimum absolute atomic E-state index is 1.11. The van der Waals surface area contributed by atoms with Gasteiger partial charge in [0.2, 0.25) is 0 Å². The van der Waals surface area contributed by atoms with Crippen LogP contribution in [-0.4, -0.2) is 4.98 Å². The number of aryl methyl sites for hydroxylation is 2. The molecule has 0 aliphatic heterocycles. The van der Waals surface area contributed by atoms with Crippen molar-refractivity contribution in [2.75, 3.05) is 0 Å². The fraction of sp³-hybridized carbons (Fsp3) is 0.118. The lowest BCUT2D eigenvalue weighted by Gasteiger charge is -2.13. The van der Waals surface area contributed by atoms with Gasteiger partial charge in [-0.3, -0.25) is 0 Å². The highest BCUT2D eigenvalue weighted by Gasteiger charge is 2.21. The summed E-state index contributed by atoms with van der Waals surface area (Å²) in [6.45, 7) is 0. The van der Waals surface area contributed by atoms with Crippen molar-refractivity contribution >= 4 is 27.3 Å². The van der Waals surface area contributed by atoms with Crippen LogP contribution >= 0.6 is 27.3 Å². The summed E-state index contributed by atoms with van der Waals surface area (Å²) >= 11 is 5.45. The summed E-state index contributed by atoms with van der Waals surface area (Å²) in [6.07, 6.45) is 2.23. The van der Waals surface area contributed by atoms with Crippen molar-refractivity contribution in [2.24, 2.45) is 0 Å². The van der Waals surface area contributed by atoms with E-state index in [2.05, 4.69) is 58.4 Å². The highest BCUT2D eigenvalue weighted by molar-refractivity contribution is 9.10. The van der Waals surface area contributed by atoms with Crippen LogP contribution in [0.5, 0.6) is 0 Å². The first-order valence-electron chi connectivity index (χ1n) is 6.66. The van der Waals surface area contributed by atoms with Gasteiger partial charge in [-0.1, -0.05) is 58.4 Å². The van der Waals surface area contributed by atoms with E-state index in [0.29, 0.717) is 0 Å². The zero-order chi connectivity index (χ0) is 13.5. The molecule has 3 heteroatoms. The fourth-order valence-corrected chi connectivity index (χ4v) is 4.42. The maximum absolute atomic E-state index is 4.91. The number of hydrogen-bond donors (Lipinski definition) is 0. The zero-order valence-electron chi connectivity index (χ0n) is 10.8. The van der Waals surface area contributed by atoms with Crippen LogP contribution < -0.4 is 0 Å². The molecule has 0 atom stereocenters. The number of benzene rings is 2. The Kier molecular flexibility index (Phi) is 2.97. The van der Waals surface area contributed by atoms with Crippen LogP contribution in [0.2, 0.25) is 0 Å². The first kappa shape index (κ1) is 12.3. The minimum Gasteiger partial charge on any atom is -0.236 e. The average molecular weight is 342 g/mol. The number of thiazole rings is 1. The van der Waals surface area contributed by atoms with Crippen molar-refractivity contribution in [3.63, 3.8) is 0 Å². The van der Waals surface area contributed by atoms with Gasteiger partial charge in [-0.15, -0.1) is 11.3 Å². The van der Waals surface area contributed by atoms with E-state index in [1.807, 2.05) is 17.4 Å². The Hall–Kier alpha value is -1.45. The first-order chi connectivity index (χ1) is 9.83. The van der Waals surface area contributed by atoms with Crippen LogP contribution in [0.15, 0.2) is 53.0 Å². The van der Waals surface area contributed by atoms with Crippen molar-refractivity contribution in [1.82, 2.24) is 4.98 Å². The maximum atomic E-state index is 4.91. The normalized spacial score (nSPS) is 12.8. The highest BCUT2D eigenvalue weighted by atomic mass is 79.9. The van der Waals surface area contributed by atoms with E-state index in [-0.39, 0.29) is 0 Å². The van der Waals surface area contributed by atoms with Gasteiger partial charge in [0, 0.05) is 20.5 Å². The quantitative estimate of drug-likeness (QED) is 0.582. The number of halogens is 1. The monoisotopic (exact) mass is 341 g/mol. The molecule has 1 aliphatic carbocycles. The molecule has 0 saturated carbocycles. The van der Waals surface area contributed by atoms with Crippen LogP contribution in [0.1, 0.15) is 10.4 Å². The summed E-state index contributed by atoms with van der Waals surface area (Å²) in [4.78, 5) is 6.32. The molecule has 1 heterocycles. The highest BCUT2D eigenvalue weighted by Crippen LogP contribution is 2.40. The van der Waals surface area contributed by atoms with Crippen molar-refractivity contribution < 1.29 is 0 Å². The number of fused-ring (bicyclic) bond motifs is 3. The molecule has 0 N–H and O–H groups in total. The predicted molar refractivity (Wildman–Crippen MR) is 88.1 cm³/mol. The molecular weight excluding hydrogens is 330 g/mol. The molecule has 1 nitrogen and oxygen atoms in total. The van der Waals surface area contributed by atoms with E-state index >= 15 is 0 Å². The Morgan fingerprint density at radius 3 is 2.50 bits per heavy atom. The van der Waals surface area contributed by atoms with Crippen LogP contribution in [0.3, 0.4) is 0 Å². The molecule has 0 fully saturated rings. The second-order valence-electron chi connectivity index (χ2n) is 4.93. The first-order valence-corrected chi connectivity index (χ1v) is 8.27. The van der Waals surface area contributed by atoms with Crippen molar-refractivity contribution in [2.45, 2.75) is 12.8 Å². The Balaban J connectivity index is 1.89. The van der Waals surface area contributed by atoms with Crippen molar-refractivity contribution in [3.05, 3.63) is 63.4 Å². The second kappa shape index (κ2) is 4.83. The summed E-state index contributed by atoms with van der Waals surface area (Å²) in [7, 11) is 0. The standard InChI is InChI=1S/C17H12BrNS/c18-14-8-4-3-7-13(14)17-19-16-12-6-2-1-5-11(12)9-10-15(16)20-17/h1-8H,9-10H2. The maximum Gasteiger partial charge on any atom is 0.125 e. The van der Waals surface area contributed by atoms with Gasteiger partial charge in [-0.05, 0) is 24.5 Å². The van der Waals surface area contributed by atoms with Crippen LogP contribution in [0.4, 0.5) is 0 Å². The summed E-state index contributed by atoms with van der Waals surface area (Å²) in [5.41, 5.74) is 5.10. The molecule has 0 unspecified atom stereocenters. The van der Waals surface area contributed by atoms with E-state index in [4.69, 9.17) is 4.98 Å². The summed E-state index contributed by atoms with van der Waals surface area (Å²) in [6, 6.07) is 16.9. The Bertz CT molecular complexity index is 791. The summed E-state index contributed by atoms with van der Waals surface area (Å²) in [5.74, 6) is 0. The third-order valence-corrected chi connectivity index (χ3v) is 5.54. The van der Waals surface area contributed by atoms with Gasteiger partial charge in [0.15, 0.2) is 0 Å². The van der Waals surface area contributed by atoms with E-state index in [0.717, 1.165) is 22.3 Å². The molecule has 1 aliphatic rings. The smallest absolute Gasteiger partial charge is 0.125 e. The number of aromatic nitrogens is 1. The molecule has 1 aromatic heterocycles. The molecule has 98 valence electrons. The SMILES string of the molecule is Brc1ccccc1-c1nc2c(s1)CCc1ccccc1-2. The molecule has 2 aromatic carbocycles. The van der Waals surface area contributed by atoms with E-state index in [1.54, 1.807) is 0 Å². The van der Waals surface area contributed by atoms with E-state index < -0.39 is 0 Å². The fourth-order valence-electron chi connectivity index (χ4n) is 2.70. The summed E-state index contributed by atoms with van der Waals surface area (Å²) in [5, 5.41) is 1.11. The number of rotatable bonds is 1. The number of nitrogens with zero attached hydrogens (tertiary/aromatic N) is 1. The van der Waals surface area contributed by atoms with Gasteiger partial charge in [-0.2, -0.15) is 0 Å². The number of hydrogen-bond acceptors (Lipinski definition) is 2. The lowest BCUT2D eigenvalue weighted by atomic mass is 9.94. The van der Waals surface area contributed by atoms with Crippen LogP contribution in [-0.2, 0) is 12.8 Å². The third-order valence-electron chi connectivity index (χ3n) is 3.70. The van der Waals surface area contributed by atoms with Gasteiger partial charge in [0.25, 0.3) is 0 Å². The lowest BCUT2D eigenvalue weighted by Crippen LogP contribution is -2.01. The Labute approximate surface area is 130 Å². The van der Waals surface area contributed by atoms with Gasteiger partial charge in [0.1, 0.15) is 5.01 Å².